The van der Waals surface area contributed by atoms with E-state index in [0.29, 0.717) is 17.1 Å². The number of carbonyl (C=O) groups excluding carboxylic acids is 1. The molecular weight excluding hydrogens is 348 g/mol. The van der Waals surface area contributed by atoms with Gasteiger partial charge in [0.05, 0.1) is 18.8 Å². The smallest absolute Gasteiger partial charge is 0.246 e. The highest BCUT2D eigenvalue weighted by Gasteiger charge is 2.28. The first-order chi connectivity index (χ1) is 11.7. The molecule has 0 bridgehead atoms. The monoisotopic (exact) mass is 368 g/mol. The highest BCUT2D eigenvalue weighted by molar-refractivity contribution is 7.89. The largest absolute Gasteiger partial charge is 0.495 e. The summed E-state index contributed by atoms with van der Waals surface area (Å²) >= 11 is 0. The molecule has 1 heterocycles. The third kappa shape index (κ3) is 4.09. The zero-order valence-electron chi connectivity index (χ0n) is 14.3. The van der Waals surface area contributed by atoms with Crippen LogP contribution in [0, 0.1) is 13.8 Å². The van der Waals surface area contributed by atoms with E-state index in [2.05, 4.69) is 15.2 Å². The van der Waals surface area contributed by atoms with E-state index < -0.39 is 22.0 Å². The van der Waals surface area contributed by atoms with Crippen LogP contribution >= 0.6 is 0 Å². The Hall–Kier alpha value is -2.59. The van der Waals surface area contributed by atoms with Gasteiger partial charge in [0.2, 0.25) is 15.9 Å². The molecule has 0 aliphatic carbocycles. The van der Waals surface area contributed by atoms with Crippen molar-refractivity contribution in [1.82, 2.24) is 9.88 Å². The standard InChI is InChI=1S/C15H20N4O5S/c1-8-14(10(3)24-18-8)25(21,22)19-9(2)15(20)17-11-5-6-13(23-4)12(16)7-11/h5-7,9,19H,16H2,1-4H3,(H,17,20). The van der Waals surface area contributed by atoms with Gasteiger partial charge in [-0.3, -0.25) is 4.79 Å². The molecule has 0 aliphatic rings. The summed E-state index contributed by atoms with van der Waals surface area (Å²) in [4.78, 5) is 12.2. The number of rotatable bonds is 6. The number of hydrogen-bond donors (Lipinski definition) is 3. The number of nitrogens with zero attached hydrogens (tertiary/aromatic N) is 1. The maximum atomic E-state index is 12.4. The van der Waals surface area contributed by atoms with Crippen LogP contribution in [0.25, 0.3) is 0 Å². The van der Waals surface area contributed by atoms with Gasteiger partial charge in [-0.2, -0.15) is 4.72 Å². The van der Waals surface area contributed by atoms with Gasteiger partial charge in [0.25, 0.3) is 0 Å². The van der Waals surface area contributed by atoms with Gasteiger partial charge in [-0.05, 0) is 39.0 Å². The van der Waals surface area contributed by atoms with Crippen LogP contribution in [-0.2, 0) is 14.8 Å². The predicted molar refractivity (Wildman–Crippen MR) is 91.8 cm³/mol. The second kappa shape index (κ2) is 7.11. The molecule has 1 aromatic carbocycles. The second-order valence-corrected chi connectivity index (χ2v) is 7.09. The van der Waals surface area contributed by atoms with Gasteiger partial charge in [0, 0.05) is 5.69 Å². The number of methoxy groups -OCH3 is 1. The lowest BCUT2D eigenvalue weighted by atomic mass is 10.2. The zero-order chi connectivity index (χ0) is 18.8. The normalized spacial score (nSPS) is 12.6. The maximum Gasteiger partial charge on any atom is 0.246 e. The Balaban J connectivity index is 2.11. The van der Waals surface area contributed by atoms with E-state index in [1.54, 1.807) is 12.1 Å². The summed E-state index contributed by atoms with van der Waals surface area (Å²) < 4.78 is 37.0. The van der Waals surface area contributed by atoms with Crippen LogP contribution in [0.4, 0.5) is 11.4 Å². The molecule has 0 aliphatic heterocycles. The molecule has 4 N–H and O–H groups in total. The Labute approximate surface area is 145 Å². The molecule has 2 aromatic rings. The van der Waals surface area contributed by atoms with Crippen LogP contribution in [0.3, 0.4) is 0 Å². The van der Waals surface area contributed by atoms with Crippen molar-refractivity contribution in [3.05, 3.63) is 29.7 Å². The van der Waals surface area contributed by atoms with E-state index >= 15 is 0 Å². The van der Waals surface area contributed by atoms with Crippen LogP contribution in [0.15, 0.2) is 27.6 Å². The molecule has 1 atom stereocenters. The summed E-state index contributed by atoms with van der Waals surface area (Å²) in [6.45, 7) is 4.42. The van der Waals surface area contributed by atoms with Crippen molar-refractivity contribution >= 4 is 27.3 Å². The first-order valence-corrected chi connectivity index (χ1v) is 8.83. The number of aryl methyl sites for hydroxylation is 2. The SMILES string of the molecule is COc1ccc(NC(=O)C(C)NS(=O)(=O)c2c(C)noc2C)cc1N. The molecule has 2 rings (SSSR count). The van der Waals surface area contributed by atoms with Crippen molar-refractivity contribution in [2.45, 2.75) is 31.7 Å². The van der Waals surface area contributed by atoms with Gasteiger partial charge < -0.3 is 20.3 Å². The first-order valence-electron chi connectivity index (χ1n) is 7.35. The number of nitrogens with one attached hydrogen (secondary N) is 2. The van der Waals surface area contributed by atoms with E-state index in [4.69, 9.17) is 15.0 Å². The average molecular weight is 368 g/mol. The van der Waals surface area contributed by atoms with Gasteiger partial charge in [-0.15, -0.1) is 0 Å². The number of nitrogen functional groups attached to an aromatic ring is 1. The lowest BCUT2D eigenvalue weighted by molar-refractivity contribution is -0.117. The van der Waals surface area contributed by atoms with Crippen molar-refractivity contribution in [2.75, 3.05) is 18.2 Å². The van der Waals surface area contributed by atoms with Crippen LogP contribution in [0.2, 0.25) is 0 Å². The first kappa shape index (κ1) is 18.7. The second-order valence-electron chi connectivity index (χ2n) is 5.44. The molecule has 0 radical (unpaired) electrons. The van der Waals surface area contributed by atoms with Crippen LogP contribution in [0.5, 0.6) is 5.75 Å². The number of carbonyl (C=O) groups is 1. The van der Waals surface area contributed by atoms with Crippen molar-refractivity contribution in [3.8, 4) is 5.75 Å². The minimum absolute atomic E-state index is 0.0687. The van der Waals surface area contributed by atoms with Crippen LogP contribution < -0.4 is 20.5 Å². The third-order valence-electron chi connectivity index (χ3n) is 3.46. The molecule has 0 spiro atoms. The van der Waals surface area contributed by atoms with Gasteiger partial charge >= 0.3 is 0 Å². The number of sulfonamides is 1. The highest BCUT2D eigenvalue weighted by atomic mass is 32.2. The van der Waals surface area contributed by atoms with Crippen molar-refractivity contribution < 1.29 is 22.5 Å². The van der Waals surface area contributed by atoms with Crippen molar-refractivity contribution in [2.24, 2.45) is 0 Å². The Bertz CT molecular complexity index is 872. The number of aromatic nitrogens is 1. The summed E-state index contributed by atoms with van der Waals surface area (Å²) in [5.41, 5.74) is 6.77. The summed E-state index contributed by atoms with van der Waals surface area (Å²) in [7, 11) is -2.46. The summed E-state index contributed by atoms with van der Waals surface area (Å²) in [5, 5.41) is 6.20. The summed E-state index contributed by atoms with van der Waals surface area (Å²) in [5.74, 6) is 0.0885. The molecule has 10 heteroatoms. The molecular formula is C15H20N4O5S. The minimum atomic E-state index is -3.95. The minimum Gasteiger partial charge on any atom is -0.495 e. The van der Waals surface area contributed by atoms with Gasteiger partial charge in [0.15, 0.2) is 5.76 Å². The summed E-state index contributed by atoms with van der Waals surface area (Å²) in [6, 6.07) is 3.69. The van der Waals surface area contributed by atoms with E-state index in [1.807, 2.05) is 0 Å². The fourth-order valence-electron chi connectivity index (χ4n) is 2.27. The molecule has 1 amide bonds. The Kier molecular flexibility index (Phi) is 5.33. The maximum absolute atomic E-state index is 12.4. The molecule has 0 saturated carbocycles. The quantitative estimate of drug-likeness (QED) is 0.651. The van der Waals surface area contributed by atoms with Gasteiger partial charge in [-0.25, -0.2) is 8.42 Å². The number of benzene rings is 1. The van der Waals surface area contributed by atoms with E-state index in [9.17, 15) is 13.2 Å². The number of anilines is 2. The lowest BCUT2D eigenvalue weighted by Crippen LogP contribution is -2.41. The fraction of sp³-hybridized carbons (Fsp3) is 0.333. The number of ether oxygens (including phenoxy) is 1. The number of amides is 1. The van der Waals surface area contributed by atoms with E-state index in [1.165, 1.54) is 33.9 Å². The lowest BCUT2D eigenvalue weighted by Gasteiger charge is -2.15. The summed E-state index contributed by atoms with van der Waals surface area (Å²) in [6.07, 6.45) is 0. The molecule has 136 valence electrons. The molecule has 9 nitrogen and oxygen atoms in total. The van der Waals surface area contributed by atoms with E-state index in [-0.39, 0.29) is 16.3 Å². The highest BCUT2D eigenvalue weighted by Crippen LogP contribution is 2.24. The molecule has 1 aromatic heterocycles. The number of nitrogens with two attached hydrogens (primary N) is 1. The van der Waals surface area contributed by atoms with Gasteiger partial charge in [0.1, 0.15) is 16.3 Å². The molecule has 1 unspecified atom stereocenters. The molecule has 0 saturated heterocycles. The zero-order valence-corrected chi connectivity index (χ0v) is 15.1. The Morgan fingerprint density at radius 3 is 2.56 bits per heavy atom. The predicted octanol–water partition coefficient (Wildman–Crippen LogP) is 1.19. The average Bonchev–Trinajstić information content (AvgIpc) is 2.86. The fourth-order valence-corrected chi connectivity index (χ4v) is 3.80. The topological polar surface area (TPSA) is 137 Å². The van der Waals surface area contributed by atoms with Crippen LogP contribution in [-0.4, -0.2) is 32.6 Å². The van der Waals surface area contributed by atoms with Crippen molar-refractivity contribution in [1.29, 1.82) is 0 Å². The Morgan fingerprint density at radius 2 is 2.04 bits per heavy atom. The van der Waals surface area contributed by atoms with Crippen LogP contribution in [0.1, 0.15) is 18.4 Å². The Morgan fingerprint density at radius 1 is 1.36 bits per heavy atom. The molecule has 0 fully saturated rings. The van der Waals surface area contributed by atoms with E-state index in [0.717, 1.165) is 0 Å². The number of hydrogen-bond acceptors (Lipinski definition) is 7. The van der Waals surface area contributed by atoms with Gasteiger partial charge in [-0.1, -0.05) is 5.16 Å². The van der Waals surface area contributed by atoms with Crippen molar-refractivity contribution in [3.63, 3.8) is 0 Å². The molecule has 25 heavy (non-hydrogen) atoms. The third-order valence-corrected chi connectivity index (χ3v) is 5.24.